The first-order valence-electron chi connectivity index (χ1n) is 5.60. The Morgan fingerprint density at radius 3 is 2.65 bits per heavy atom. The van der Waals surface area contributed by atoms with Gasteiger partial charge < -0.3 is 5.73 Å². The fourth-order valence-electron chi connectivity index (χ4n) is 1.80. The van der Waals surface area contributed by atoms with E-state index in [1.807, 2.05) is 24.0 Å². The molecule has 0 aliphatic carbocycles. The Bertz CT molecular complexity index is 519. The van der Waals surface area contributed by atoms with E-state index in [1.165, 1.54) is 4.88 Å². The van der Waals surface area contributed by atoms with Crippen LogP contribution in [0, 0.1) is 0 Å². The molecule has 0 saturated carbocycles. The molecule has 0 bridgehead atoms. The normalized spacial score (nSPS) is 12.0. The van der Waals surface area contributed by atoms with Crippen molar-refractivity contribution in [2.75, 3.05) is 5.73 Å². The number of anilines is 1. The maximum atomic E-state index is 5.82. The molecule has 17 heavy (non-hydrogen) atoms. The van der Waals surface area contributed by atoms with Gasteiger partial charge in [0.05, 0.1) is 11.4 Å². The van der Waals surface area contributed by atoms with Crippen molar-refractivity contribution in [2.24, 2.45) is 7.05 Å². The molecule has 2 rings (SSSR count). The lowest BCUT2D eigenvalue weighted by Gasteiger charge is -2.17. The molecule has 2 aromatic rings. The summed E-state index contributed by atoms with van der Waals surface area (Å²) in [6.45, 7) is 6.47. The van der Waals surface area contributed by atoms with Crippen LogP contribution in [0.1, 0.15) is 37.0 Å². The zero-order valence-corrected chi connectivity index (χ0v) is 11.5. The molecular weight excluding hydrogens is 232 g/mol. The number of nitrogen functional groups attached to an aromatic ring is 1. The number of aromatic nitrogens is 3. The van der Waals surface area contributed by atoms with Crippen LogP contribution in [0.3, 0.4) is 0 Å². The lowest BCUT2D eigenvalue weighted by atomic mass is 9.90. The molecule has 0 fully saturated rings. The number of hydrogen-bond donors (Lipinski definition) is 1. The zero-order valence-electron chi connectivity index (χ0n) is 10.7. The van der Waals surface area contributed by atoms with E-state index in [-0.39, 0.29) is 5.41 Å². The molecule has 0 saturated heterocycles. The van der Waals surface area contributed by atoms with Crippen LogP contribution in [-0.2, 0) is 18.9 Å². The summed E-state index contributed by atoms with van der Waals surface area (Å²) in [5, 5.41) is 5.03. The largest absolute Gasteiger partial charge is 0.375 e. The number of aryl methyl sites for hydroxylation is 1. The average molecular weight is 250 g/mol. The number of rotatable bonds is 2. The molecule has 0 atom stereocenters. The second-order valence-electron chi connectivity index (χ2n) is 5.23. The Balaban J connectivity index is 2.32. The maximum absolute atomic E-state index is 5.82. The van der Waals surface area contributed by atoms with Crippen LogP contribution >= 0.6 is 11.3 Å². The van der Waals surface area contributed by atoms with Gasteiger partial charge in [0.1, 0.15) is 0 Å². The predicted molar refractivity (Wildman–Crippen MR) is 71.2 cm³/mol. The first kappa shape index (κ1) is 12.1. The van der Waals surface area contributed by atoms with Crippen molar-refractivity contribution < 1.29 is 0 Å². The summed E-state index contributed by atoms with van der Waals surface area (Å²) in [4.78, 5) is 5.66. The predicted octanol–water partition coefficient (Wildman–Crippen LogP) is 2.35. The fourth-order valence-corrected chi connectivity index (χ4v) is 2.86. The van der Waals surface area contributed by atoms with Crippen molar-refractivity contribution in [2.45, 2.75) is 32.6 Å². The molecule has 0 aromatic carbocycles. The van der Waals surface area contributed by atoms with Crippen molar-refractivity contribution >= 4 is 16.5 Å². The van der Waals surface area contributed by atoms with Crippen LogP contribution in [0.25, 0.3) is 0 Å². The molecule has 92 valence electrons. The third-order valence-electron chi connectivity index (χ3n) is 2.53. The lowest BCUT2D eigenvalue weighted by molar-refractivity contribution is 0.568. The minimum absolute atomic E-state index is 0.0260. The maximum Gasteiger partial charge on any atom is 0.180 e. The van der Waals surface area contributed by atoms with Gasteiger partial charge in [0.25, 0.3) is 0 Å². The molecule has 0 unspecified atom stereocenters. The van der Waals surface area contributed by atoms with Crippen molar-refractivity contribution in [3.05, 3.63) is 28.5 Å². The molecule has 0 aliphatic rings. The summed E-state index contributed by atoms with van der Waals surface area (Å²) >= 11 is 1.56. The van der Waals surface area contributed by atoms with E-state index in [2.05, 4.69) is 30.9 Å². The van der Waals surface area contributed by atoms with Crippen molar-refractivity contribution in [3.63, 3.8) is 0 Å². The second-order valence-corrected chi connectivity index (χ2v) is 6.35. The first-order chi connectivity index (χ1) is 7.86. The van der Waals surface area contributed by atoms with E-state index >= 15 is 0 Å². The van der Waals surface area contributed by atoms with Gasteiger partial charge in [-0.25, -0.2) is 4.98 Å². The van der Waals surface area contributed by atoms with E-state index < -0.39 is 0 Å². The van der Waals surface area contributed by atoms with Gasteiger partial charge in [-0.3, -0.25) is 4.68 Å². The highest BCUT2D eigenvalue weighted by Crippen LogP contribution is 2.32. The summed E-state index contributed by atoms with van der Waals surface area (Å²) in [5.74, 6) is 0. The van der Waals surface area contributed by atoms with Crippen LogP contribution in [0.5, 0.6) is 0 Å². The van der Waals surface area contributed by atoms with Crippen molar-refractivity contribution in [1.82, 2.24) is 14.8 Å². The summed E-state index contributed by atoms with van der Waals surface area (Å²) in [7, 11) is 1.93. The minimum Gasteiger partial charge on any atom is -0.375 e. The Hall–Kier alpha value is -1.36. The van der Waals surface area contributed by atoms with Gasteiger partial charge in [0.2, 0.25) is 0 Å². The van der Waals surface area contributed by atoms with E-state index in [9.17, 15) is 0 Å². The second kappa shape index (κ2) is 4.14. The summed E-state index contributed by atoms with van der Waals surface area (Å²) < 4.78 is 1.82. The summed E-state index contributed by atoms with van der Waals surface area (Å²) in [5.41, 5.74) is 7.99. The molecule has 0 aliphatic heterocycles. The van der Waals surface area contributed by atoms with Crippen molar-refractivity contribution in [1.29, 1.82) is 0 Å². The van der Waals surface area contributed by atoms with Crippen LogP contribution in [-0.4, -0.2) is 14.8 Å². The number of thiazole rings is 1. The Kier molecular flexibility index (Phi) is 2.95. The summed E-state index contributed by atoms with van der Waals surface area (Å²) in [6, 6.07) is 2.03. The summed E-state index contributed by atoms with van der Waals surface area (Å²) in [6.07, 6.45) is 2.76. The number of nitrogens with zero attached hydrogens (tertiary/aromatic N) is 3. The van der Waals surface area contributed by atoms with Gasteiger partial charge in [-0.2, -0.15) is 5.10 Å². The topological polar surface area (TPSA) is 56.7 Å². The van der Waals surface area contributed by atoms with Gasteiger partial charge >= 0.3 is 0 Å². The van der Waals surface area contributed by atoms with Gasteiger partial charge in [0, 0.05) is 30.0 Å². The monoisotopic (exact) mass is 250 g/mol. The van der Waals surface area contributed by atoms with Crippen LogP contribution < -0.4 is 5.73 Å². The Morgan fingerprint density at radius 2 is 2.12 bits per heavy atom. The van der Waals surface area contributed by atoms with Gasteiger partial charge in [-0.05, 0) is 6.07 Å². The highest BCUT2D eigenvalue weighted by atomic mass is 32.1. The molecule has 0 spiro atoms. The Morgan fingerprint density at radius 1 is 1.41 bits per heavy atom. The first-order valence-corrected chi connectivity index (χ1v) is 6.42. The van der Waals surface area contributed by atoms with Gasteiger partial charge in [0.15, 0.2) is 5.13 Å². The smallest absolute Gasteiger partial charge is 0.180 e. The van der Waals surface area contributed by atoms with E-state index in [0.29, 0.717) is 5.13 Å². The van der Waals surface area contributed by atoms with E-state index in [1.54, 1.807) is 11.3 Å². The third kappa shape index (κ3) is 2.66. The molecule has 5 heteroatoms. The zero-order chi connectivity index (χ0) is 12.6. The molecule has 4 nitrogen and oxygen atoms in total. The minimum atomic E-state index is 0.0260. The number of hydrogen-bond acceptors (Lipinski definition) is 4. The molecule has 2 aromatic heterocycles. The SMILES string of the molecule is Cn1ccc(Cc2sc(N)nc2C(C)(C)C)n1. The van der Waals surface area contributed by atoms with Crippen molar-refractivity contribution in [3.8, 4) is 0 Å². The van der Waals surface area contributed by atoms with Gasteiger partial charge in [-0.15, -0.1) is 11.3 Å². The molecule has 0 radical (unpaired) electrons. The van der Waals surface area contributed by atoms with Crippen LogP contribution in [0.15, 0.2) is 12.3 Å². The standard InChI is InChI=1S/C12H18N4S/c1-12(2,3)10-9(17-11(13)14-10)7-8-5-6-16(4)15-8/h5-6H,7H2,1-4H3,(H2,13,14). The molecule has 2 heterocycles. The molecule has 0 amide bonds. The van der Waals surface area contributed by atoms with E-state index in [4.69, 9.17) is 5.73 Å². The van der Waals surface area contributed by atoms with Crippen LogP contribution in [0.2, 0.25) is 0 Å². The molecule has 2 N–H and O–H groups in total. The average Bonchev–Trinajstić information content (AvgIpc) is 2.72. The van der Waals surface area contributed by atoms with Crippen LogP contribution in [0.4, 0.5) is 5.13 Å². The quantitative estimate of drug-likeness (QED) is 0.890. The number of nitrogens with two attached hydrogens (primary N) is 1. The molecular formula is C12H18N4S. The highest BCUT2D eigenvalue weighted by Gasteiger charge is 2.23. The third-order valence-corrected chi connectivity index (χ3v) is 3.42. The van der Waals surface area contributed by atoms with Gasteiger partial charge in [-0.1, -0.05) is 20.8 Å². The highest BCUT2D eigenvalue weighted by molar-refractivity contribution is 7.15. The van der Waals surface area contributed by atoms with E-state index in [0.717, 1.165) is 17.8 Å². The Labute approximate surface area is 105 Å². The fraction of sp³-hybridized carbons (Fsp3) is 0.500. The lowest BCUT2D eigenvalue weighted by Crippen LogP contribution is -2.14.